The molecule has 1 aliphatic rings. The largest absolute Gasteiger partial charge is 0.351 e. The van der Waals surface area contributed by atoms with Crippen LogP contribution in [0.3, 0.4) is 0 Å². The summed E-state index contributed by atoms with van der Waals surface area (Å²) < 4.78 is 5.10. The van der Waals surface area contributed by atoms with Crippen molar-refractivity contribution >= 4 is 17.5 Å². The highest BCUT2D eigenvalue weighted by Gasteiger charge is 2.22. The Balaban J connectivity index is 1.46. The van der Waals surface area contributed by atoms with Crippen molar-refractivity contribution < 1.29 is 4.52 Å². The number of nitrogens with one attached hydrogen (secondary N) is 1. The molecule has 23 heavy (non-hydrogen) atoms. The molecule has 7 heteroatoms. The normalized spacial score (nSPS) is 16.3. The van der Waals surface area contributed by atoms with E-state index in [1.807, 2.05) is 12.1 Å². The average molecular weight is 328 g/mol. The number of hydrogen-bond donors (Lipinski definition) is 1. The topological polar surface area (TPSA) is 76.7 Å². The van der Waals surface area contributed by atoms with Crippen LogP contribution in [-0.4, -0.2) is 26.2 Å². The molecule has 2 heterocycles. The zero-order valence-electron chi connectivity index (χ0n) is 12.5. The van der Waals surface area contributed by atoms with Crippen molar-refractivity contribution in [3.63, 3.8) is 0 Å². The van der Waals surface area contributed by atoms with Gasteiger partial charge in [-0.2, -0.15) is 4.98 Å². The maximum Gasteiger partial charge on any atom is 0.261 e. The standard InChI is InChI=1S/C16H14ClN5O/c1-9-20-15(23-22-9)12-7-18-16(19-8-12)21-14-5-10-2-3-13(17)4-11(10)6-14/h2-4,7-8,14H,5-6H2,1H3,(H,18,19,21)/t14-/m0/s1. The monoisotopic (exact) mass is 327 g/mol. The summed E-state index contributed by atoms with van der Waals surface area (Å²) in [6, 6.07) is 6.32. The molecule has 0 spiro atoms. The molecule has 1 N–H and O–H groups in total. The first-order chi connectivity index (χ1) is 11.2. The minimum atomic E-state index is 0.278. The number of halogens is 1. The number of rotatable bonds is 3. The second kappa shape index (κ2) is 5.62. The fourth-order valence-corrected chi connectivity index (χ4v) is 2.99. The molecular weight excluding hydrogens is 314 g/mol. The number of hydrogen-bond acceptors (Lipinski definition) is 6. The molecule has 4 rings (SSSR count). The van der Waals surface area contributed by atoms with Crippen LogP contribution in [0.1, 0.15) is 17.0 Å². The molecule has 0 amide bonds. The van der Waals surface area contributed by atoms with Crippen molar-refractivity contribution in [2.75, 3.05) is 5.32 Å². The molecule has 0 bridgehead atoms. The van der Waals surface area contributed by atoms with Crippen LogP contribution in [0, 0.1) is 6.92 Å². The molecule has 1 aliphatic carbocycles. The summed E-state index contributed by atoms with van der Waals surface area (Å²) in [6.45, 7) is 1.77. The van der Waals surface area contributed by atoms with Crippen molar-refractivity contribution in [1.82, 2.24) is 20.1 Å². The van der Waals surface area contributed by atoms with Gasteiger partial charge in [-0.05, 0) is 43.0 Å². The summed E-state index contributed by atoms with van der Waals surface area (Å²) in [5, 5.41) is 7.90. The Labute approximate surface area is 137 Å². The van der Waals surface area contributed by atoms with Crippen molar-refractivity contribution in [2.45, 2.75) is 25.8 Å². The first-order valence-corrected chi connectivity index (χ1v) is 7.72. The van der Waals surface area contributed by atoms with Gasteiger partial charge in [0.2, 0.25) is 5.95 Å². The van der Waals surface area contributed by atoms with Crippen LogP contribution in [0.2, 0.25) is 5.02 Å². The van der Waals surface area contributed by atoms with Gasteiger partial charge >= 0.3 is 0 Å². The Kier molecular flexibility index (Phi) is 3.46. The van der Waals surface area contributed by atoms with Crippen LogP contribution < -0.4 is 5.32 Å². The molecule has 0 saturated heterocycles. The third-order valence-electron chi connectivity index (χ3n) is 3.86. The lowest BCUT2D eigenvalue weighted by molar-refractivity contribution is 0.425. The smallest absolute Gasteiger partial charge is 0.261 e. The van der Waals surface area contributed by atoms with Gasteiger partial charge < -0.3 is 9.84 Å². The van der Waals surface area contributed by atoms with E-state index in [0.29, 0.717) is 23.2 Å². The Morgan fingerprint density at radius 1 is 1.17 bits per heavy atom. The lowest BCUT2D eigenvalue weighted by atomic mass is 10.1. The summed E-state index contributed by atoms with van der Waals surface area (Å²) in [4.78, 5) is 12.8. The van der Waals surface area contributed by atoms with E-state index in [-0.39, 0.29) is 6.04 Å². The molecule has 1 atom stereocenters. The van der Waals surface area contributed by atoms with Gasteiger partial charge in [-0.1, -0.05) is 22.8 Å². The fraction of sp³-hybridized carbons (Fsp3) is 0.250. The number of aromatic nitrogens is 4. The van der Waals surface area contributed by atoms with E-state index in [2.05, 4.69) is 31.5 Å². The molecular formula is C16H14ClN5O. The van der Waals surface area contributed by atoms with Gasteiger partial charge in [0.15, 0.2) is 5.82 Å². The van der Waals surface area contributed by atoms with Crippen molar-refractivity contribution in [2.24, 2.45) is 0 Å². The molecule has 0 fully saturated rings. The van der Waals surface area contributed by atoms with E-state index in [1.165, 1.54) is 11.1 Å². The van der Waals surface area contributed by atoms with Gasteiger partial charge in [-0.15, -0.1) is 0 Å². The highest BCUT2D eigenvalue weighted by molar-refractivity contribution is 6.30. The van der Waals surface area contributed by atoms with Gasteiger partial charge in [0.1, 0.15) is 0 Å². The van der Waals surface area contributed by atoms with Crippen LogP contribution in [0.4, 0.5) is 5.95 Å². The highest BCUT2D eigenvalue weighted by atomic mass is 35.5. The molecule has 2 aromatic heterocycles. The number of benzene rings is 1. The minimum Gasteiger partial charge on any atom is -0.351 e. The predicted octanol–water partition coefficient (Wildman–Crippen LogP) is 3.07. The lowest BCUT2D eigenvalue weighted by Gasteiger charge is -2.11. The van der Waals surface area contributed by atoms with Crippen molar-refractivity contribution in [1.29, 1.82) is 0 Å². The molecule has 1 aromatic carbocycles. The Morgan fingerprint density at radius 3 is 2.70 bits per heavy atom. The predicted molar refractivity (Wildman–Crippen MR) is 86.3 cm³/mol. The van der Waals surface area contributed by atoms with Crippen LogP contribution >= 0.6 is 11.6 Å². The number of aryl methyl sites for hydroxylation is 1. The second-order valence-corrected chi connectivity index (χ2v) is 6.04. The quantitative estimate of drug-likeness (QED) is 0.796. The summed E-state index contributed by atoms with van der Waals surface area (Å²) in [5.74, 6) is 1.61. The molecule has 0 radical (unpaired) electrons. The van der Waals surface area contributed by atoms with Crippen molar-refractivity contribution in [3.05, 3.63) is 52.6 Å². The molecule has 116 valence electrons. The Hall–Kier alpha value is -2.47. The van der Waals surface area contributed by atoms with E-state index in [4.69, 9.17) is 16.1 Å². The maximum absolute atomic E-state index is 6.04. The average Bonchev–Trinajstić information content (AvgIpc) is 3.13. The first-order valence-electron chi connectivity index (χ1n) is 7.34. The van der Waals surface area contributed by atoms with Gasteiger partial charge in [0.25, 0.3) is 5.89 Å². The zero-order valence-corrected chi connectivity index (χ0v) is 13.2. The van der Waals surface area contributed by atoms with Crippen LogP contribution in [-0.2, 0) is 12.8 Å². The van der Waals surface area contributed by atoms with E-state index in [1.54, 1.807) is 19.3 Å². The SMILES string of the molecule is Cc1noc(-c2cnc(N[C@H]3Cc4ccc(Cl)cc4C3)nc2)n1. The molecule has 0 saturated carbocycles. The van der Waals surface area contributed by atoms with Gasteiger partial charge in [0, 0.05) is 23.5 Å². The fourth-order valence-electron chi connectivity index (χ4n) is 2.80. The Bertz CT molecular complexity index is 846. The third kappa shape index (κ3) is 2.90. The Morgan fingerprint density at radius 2 is 1.96 bits per heavy atom. The summed E-state index contributed by atoms with van der Waals surface area (Å²) in [5.41, 5.74) is 3.32. The van der Waals surface area contributed by atoms with Gasteiger partial charge in [0.05, 0.1) is 5.56 Å². The molecule has 6 nitrogen and oxygen atoms in total. The molecule has 0 unspecified atom stereocenters. The molecule has 3 aromatic rings. The number of anilines is 1. The highest BCUT2D eigenvalue weighted by Crippen LogP contribution is 2.26. The summed E-state index contributed by atoms with van der Waals surface area (Å²) >= 11 is 6.04. The summed E-state index contributed by atoms with van der Waals surface area (Å²) in [7, 11) is 0. The van der Waals surface area contributed by atoms with Crippen molar-refractivity contribution in [3.8, 4) is 11.5 Å². The second-order valence-electron chi connectivity index (χ2n) is 5.60. The molecule has 0 aliphatic heterocycles. The van der Waals surface area contributed by atoms with Crippen LogP contribution in [0.5, 0.6) is 0 Å². The van der Waals surface area contributed by atoms with Gasteiger partial charge in [-0.3, -0.25) is 0 Å². The van der Waals surface area contributed by atoms with Crippen LogP contribution in [0.25, 0.3) is 11.5 Å². The van der Waals surface area contributed by atoms with E-state index in [0.717, 1.165) is 17.9 Å². The summed E-state index contributed by atoms with van der Waals surface area (Å²) in [6.07, 6.45) is 5.23. The number of fused-ring (bicyclic) bond motifs is 1. The lowest BCUT2D eigenvalue weighted by Crippen LogP contribution is -2.20. The minimum absolute atomic E-state index is 0.278. The zero-order chi connectivity index (χ0) is 15.8. The number of nitrogens with zero attached hydrogens (tertiary/aromatic N) is 4. The van der Waals surface area contributed by atoms with Crippen LogP contribution in [0.15, 0.2) is 35.1 Å². The van der Waals surface area contributed by atoms with Gasteiger partial charge in [-0.25, -0.2) is 9.97 Å². The third-order valence-corrected chi connectivity index (χ3v) is 4.10. The maximum atomic E-state index is 6.04. The van der Waals surface area contributed by atoms with E-state index in [9.17, 15) is 0 Å². The van der Waals surface area contributed by atoms with E-state index < -0.39 is 0 Å². The van der Waals surface area contributed by atoms with E-state index >= 15 is 0 Å². The first kappa shape index (κ1) is 14.1.